The summed E-state index contributed by atoms with van der Waals surface area (Å²) in [4.78, 5) is 12.0. The Bertz CT molecular complexity index is 680. The molecule has 1 unspecified atom stereocenters. The number of amides is 1. The largest absolute Gasteiger partial charge is 0.493 e. The second-order valence-corrected chi connectivity index (χ2v) is 5.66. The van der Waals surface area contributed by atoms with E-state index < -0.39 is 6.10 Å². The normalized spacial score (nSPS) is 11.8. The van der Waals surface area contributed by atoms with Crippen molar-refractivity contribution in [3.63, 3.8) is 0 Å². The number of anilines is 1. The highest BCUT2D eigenvalue weighted by atomic mass is 16.5. The van der Waals surface area contributed by atoms with Gasteiger partial charge in [0.25, 0.3) is 0 Å². The Balaban J connectivity index is 1.87. The molecular weight excluding hydrogens is 290 g/mol. The van der Waals surface area contributed by atoms with Gasteiger partial charge in [0.1, 0.15) is 5.75 Å². The molecule has 0 aliphatic carbocycles. The fraction of sp³-hybridized carbons (Fsp3) is 0.316. The van der Waals surface area contributed by atoms with Gasteiger partial charge in [-0.2, -0.15) is 0 Å². The SMILES string of the molecule is Cc1ccc(OCCC(=O)Nc2ccccc2C(C)O)cc1C. The Labute approximate surface area is 137 Å². The molecule has 2 rings (SSSR count). The quantitative estimate of drug-likeness (QED) is 0.853. The Kier molecular flexibility index (Phi) is 5.77. The van der Waals surface area contributed by atoms with Gasteiger partial charge in [0.15, 0.2) is 0 Å². The first kappa shape index (κ1) is 17.0. The summed E-state index contributed by atoms with van der Waals surface area (Å²) in [7, 11) is 0. The second kappa shape index (κ2) is 7.79. The van der Waals surface area contributed by atoms with Crippen LogP contribution < -0.4 is 10.1 Å². The molecule has 0 aliphatic heterocycles. The van der Waals surface area contributed by atoms with Crippen molar-refractivity contribution >= 4 is 11.6 Å². The Hall–Kier alpha value is -2.33. The molecule has 0 fully saturated rings. The van der Waals surface area contributed by atoms with Crippen molar-refractivity contribution in [1.82, 2.24) is 0 Å². The number of rotatable bonds is 6. The van der Waals surface area contributed by atoms with Crippen molar-refractivity contribution in [2.24, 2.45) is 0 Å². The fourth-order valence-corrected chi connectivity index (χ4v) is 2.25. The highest BCUT2D eigenvalue weighted by Gasteiger charge is 2.10. The van der Waals surface area contributed by atoms with Crippen molar-refractivity contribution in [1.29, 1.82) is 0 Å². The number of hydrogen-bond donors (Lipinski definition) is 2. The molecule has 1 atom stereocenters. The lowest BCUT2D eigenvalue weighted by Gasteiger charge is -2.13. The third-order valence-electron chi connectivity index (χ3n) is 3.76. The molecule has 0 aromatic heterocycles. The number of ether oxygens (including phenoxy) is 1. The molecule has 4 nitrogen and oxygen atoms in total. The standard InChI is InChI=1S/C19H23NO3/c1-13-8-9-16(12-14(13)2)23-11-10-19(22)20-18-7-5-4-6-17(18)15(3)21/h4-9,12,15,21H,10-11H2,1-3H3,(H,20,22). The van der Waals surface area contributed by atoms with E-state index in [2.05, 4.69) is 5.32 Å². The number of aliphatic hydroxyl groups is 1. The zero-order chi connectivity index (χ0) is 16.8. The number of para-hydroxylation sites is 1. The maximum atomic E-state index is 12.0. The van der Waals surface area contributed by atoms with Crippen LogP contribution in [0.25, 0.3) is 0 Å². The maximum Gasteiger partial charge on any atom is 0.227 e. The van der Waals surface area contributed by atoms with Gasteiger partial charge in [-0.1, -0.05) is 24.3 Å². The van der Waals surface area contributed by atoms with Crippen LogP contribution in [0.15, 0.2) is 42.5 Å². The van der Waals surface area contributed by atoms with E-state index in [4.69, 9.17) is 4.74 Å². The van der Waals surface area contributed by atoms with Crippen LogP contribution in [-0.4, -0.2) is 17.6 Å². The monoisotopic (exact) mass is 313 g/mol. The van der Waals surface area contributed by atoms with Crippen molar-refractivity contribution in [2.75, 3.05) is 11.9 Å². The van der Waals surface area contributed by atoms with Crippen LogP contribution in [0.2, 0.25) is 0 Å². The third kappa shape index (κ3) is 4.83. The molecule has 0 radical (unpaired) electrons. The van der Waals surface area contributed by atoms with Crippen LogP contribution in [-0.2, 0) is 4.79 Å². The van der Waals surface area contributed by atoms with Crippen molar-refractivity contribution in [3.05, 3.63) is 59.2 Å². The molecule has 1 amide bonds. The number of carbonyl (C=O) groups excluding carboxylic acids is 1. The summed E-state index contributed by atoms with van der Waals surface area (Å²) in [5.41, 5.74) is 3.72. The van der Waals surface area contributed by atoms with Gasteiger partial charge in [-0.3, -0.25) is 4.79 Å². The number of hydrogen-bond acceptors (Lipinski definition) is 3. The molecule has 0 saturated carbocycles. The molecule has 0 heterocycles. The lowest BCUT2D eigenvalue weighted by molar-refractivity contribution is -0.116. The summed E-state index contributed by atoms with van der Waals surface area (Å²) < 4.78 is 5.62. The first-order valence-corrected chi connectivity index (χ1v) is 7.74. The first-order chi connectivity index (χ1) is 11.0. The summed E-state index contributed by atoms with van der Waals surface area (Å²) in [6, 6.07) is 13.1. The van der Waals surface area contributed by atoms with E-state index in [9.17, 15) is 9.90 Å². The summed E-state index contributed by atoms with van der Waals surface area (Å²) in [5, 5.41) is 12.5. The van der Waals surface area contributed by atoms with Gasteiger partial charge in [-0.15, -0.1) is 0 Å². The van der Waals surface area contributed by atoms with Gasteiger partial charge < -0.3 is 15.2 Å². The molecule has 0 bridgehead atoms. The molecule has 2 N–H and O–H groups in total. The van der Waals surface area contributed by atoms with Crippen molar-refractivity contribution < 1.29 is 14.6 Å². The topological polar surface area (TPSA) is 58.6 Å². The minimum absolute atomic E-state index is 0.137. The van der Waals surface area contributed by atoms with E-state index in [1.807, 2.05) is 44.2 Å². The van der Waals surface area contributed by atoms with E-state index in [-0.39, 0.29) is 12.3 Å². The van der Waals surface area contributed by atoms with E-state index in [1.165, 1.54) is 5.56 Å². The number of aliphatic hydroxyl groups excluding tert-OH is 1. The van der Waals surface area contributed by atoms with E-state index in [1.54, 1.807) is 19.1 Å². The summed E-state index contributed by atoms with van der Waals surface area (Å²) >= 11 is 0. The summed E-state index contributed by atoms with van der Waals surface area (Å²) in [5.74, 6) is 0.632. The zero-order valence-corrected chi connectivity index (χ0v) is 13.8. The van der Waals surface area contributed by atoms with Gasteiger partial charge in [-0.25, -0.2) is 0 Å². The summed E-state index contributed by atoms with van der Waals surface area (Å²) in [6.45, 7) is 6.06. The van der Waals surface area contributed by atoms with Crippen LogP contribution in [0.4, 0.5) is 5.69 Å². The number of aryl methyl sites for hydroxylation is 2. The summed E-state index contributed by atoms with van der Waals surface area (Å²) in [6.07, 6.45) is -0.376. The van der Waals surface area contributed by atoms with E-state index in [0.29, 0.717) is 17.9 Å². The molecule has 0 aliphatic rings. The molecule has 0 saturated heterocycles. The van der Waals surface area contributed by atoms with E-state index in [0.717, 1.165) is 11.3 Å². The minimum atomic E-state index is -0.627. The van der Waals surface area contributed by atoms with Gasteiger partial charge in [0, 0.05) is 11.3 Å². The fourth-order valence-electron chi connectivity index (χ4n) is 2.25. The zero-order valence-electron chi connectivity index (χ0n) is 13.8. The van der Waals surface area contributed by atoms with Gasteiger partial charge in [-0.05, 0) is 50.1 Å². The lowest BCUT2D eigenvalue weighted by Crippen LogP contribution is -2.16. The predicted octanol–water partition coefficient (Wildman–Crippen LogP) is 3.76. The van der Waals surface area contributed by atoms with Gasteiger partial charge >= 0.3 is 0 Å². The minimum Gasteiger partial charge on any atom is -0.493 e. The maximum absolute atomic E-state index is 12.0. The molecule has 2 aromatic rings. The van der Waals surface area contributed by atoms with Crippen molar-refractivity contribution in [2.45, 2.75) is 33.3 Å². The molecule has 122 valence electrons. The Morgan fingerprint density at radius 1 is 1.17 bits per heavy atom. The van der Waals surface area contributed by atoms with E-state index >= 15 is 0 Å². The van der Waals surface area contributed by atoms with Crippen LogP contribution in [0, 0.1) is 13.8 Å². The van der Waals surface area contributed by atoms with Crippen molar-refractivity contribution in [3.8, 4) is 5.75 Å². The molecule has 23 heavy (non-hydrogen) atoms. The van der Waals surface area contributed by atoms with Crippen LogP contribution in [0.3, 0.4) is 0 Å². The number of nitrogens with one attached hydrogen (secondary N) is 1. The second-order valence-electron chi connectivity index (χ2n) is 5.66. The number of carbonyl (C=O) groups is 1. The average Bonchev–Trinajstić information content (AvgIpc) is 2.51. The highest BCUT2D eigenvalue weighted by molar-refractivity contribution is 5.91. The first-order valence-electron chi connectivity index (χ1n) is 7.74. The average molecular weight is 313 g/mol. The lowest BCUT2D eigenvalue weighted by atomic mass is 10.1. The predicted molar refractivity (Wildman–Crippen MR) is 91.7 cm³/mol. The molecular formula is C19H23NO3. The highest BCUT2D eigenvalue weighted by Crippen LogP contribution is 2.22. The Morgan fingerprint density at radius 3 is 2.61 bits per heavy atom. The van der Waals surface area contributed by atoms with Gasteiger partial charge in [0.05, 0.1) is 19.1 Å². The molecule has 4 heteroatoms. The Morgan fingerprint density at radius 2 is 1.91 bits per heavy atom. The third-order valence-corrected chi connectivity index (χ3v) is 3.76. The van der Waals surface area contributed by atoms with Crippen LogP contribution >= 0.6 is 0 Å². The van der Waals surface area contributed by atoms with Crippen LogP contribution in [0.1, 0.15) is 36.1 Å². The number of benzene rings is 2. The van der Waals surface area contributed by atoms with Gasteiger partial charge in [0.2, 0.25) is 5.91 Å². The van der Waals surface area contributed by atoms with Crippen LogP contribution in [0.5, 0.6) is 5.75 Å². The smallest absolute Gasteiger partial charge is 0.227 e. The molecule has 2 aromatic carbocycles. The molecule has 0 spiro atoms.